The van der Waals surface area contributed by atoms with Gasteiger partial charge in [-0.15, -0.1) is 11.3 Å². The standard InChI is InChI=1S/C16H18N2O2S/c1-20-16(19)15-14(17)12-7-8-18(10-13(12)21-15)9-11-5-3-2-4-6-11/h2-6H,7-10,17H2,1H3. The molecule has 2 aromatic rings. The van der Waals surface area contributed by atoms with Crippen LogP contribution in [-0.2, 0) is 24.2 Å². The van der Waals surface area contributed by atoms with E-state index < -0.39 is 0 Å². The van der Waals surface area contributed by atoms with Crippen LogP contribution in [0, 0.1) is 0 Å². The molecule has 0 bridgehead atoms. The number of esters is 1. The van der Waals surface area contributed by atoms with Crippen LogP contribution >= 0.6 is 11.3 Å². The smallest absolute Gasteiger partial charge is 0.350 e. The number of rotatable bonds is 3. The van der Waals surface area contributed by atoms with Gasteiger partial charge in [0.1, 0.15) is 4.88 Å². The number of methoxy groups -OCH3 is 1. The van der Waals surface area contributed by atoms with Crippen molar-refractivity contribution >= 4 is 23.0 Å². The van der Waals surface area contributed by atoms with Crippen molar-refractivity contribution in [3.8, 4) is 0 Å². The maximum Gasteiger partial charge on any atom is 0.350 e. The summed E-state index contributed by atoms with van der Waals surface area (Å²) in [5.74, 6) is -0.332. The summed E-state index contributed by atoms with van der Waals surface area (Å²) in [5, 5.41) is 0. The van der Waals surface area contributed by atoms with Crippen LogP contribution in [0.5, 0.6) is 0 Å². The highest BCUT2D eigenvalue weighted by Gasteiger charge is 2.26. The highest BCUT2D eigenvalue weighted by molar-refractivity contribution is 7.14. The average molecular weight is 302 g/mol. The number of ether oxygens (including phenoxy) is 1. The fourth-order valence-electron chi connectivity index (χ4n) is 2.70. The van der Waals surface area contributed by atoms with Gasteiger partial charge in [0.05, 0.1) is 12.8 Å². The van der Waals surface area contributed by atoms with Crippen molar-refractivity contribution in [3.63, 3.8) is 0 Å². The molecule has 0 amide bonds. The number of carbonyl (C=O) groups excluding carboxylic acids is 1. The molecule has 0 atom stereocenters. The monoisotopic (exact) mass is 302 g/mol. The number of thiophene rings is 1. The van der Waals surface area contributed by atoms with Crippen molar-refractivity contribution in [2.75, 3.05) is 19.4 Å². The van der Waals surface area contributed by atoms with Crippen molar-refractivity contribution in [2.45, 2.75) is 19.5 Å². The Labute approximate surface area is 128 Å². The maximum atomic E-state index is 11.7. The normalized spacial score (nSPS) is 14.7. The molecule has 5 heteroatoms. The molecular weight excluding hydrogens is 284 g/mol. The molecule has 1 aliphatic rings. The summed E-state index contributed by atoms with van der Waals surface area (Å²) < 4.78 is 4.80. The van der Waals surface area contributed by atoms with Crippen molar-refractivity contribution in [1.29, 1.82) is 0 Å². The van der Waals surface area contributed by atoms with Gasteiger partial charge in [-0.3, -0.25) is 4.90 Å². The predicted octanol–water partition coefficient (Wildman–Crippen LogP) is 2.68. The van der Waals surface area contributed by atoms with Gasteiger partial charge in [0.2, 0.25) is 0 Å². The second-order valence-electron chi connectivity index (χ2n) is 5.18. The Balaban J connectivity index is 1.78. The van der Waals surface area contributed by atoms with E-state index in [0.29, 0.717) is 10.6 Å². The molecule has 3 rings (SSSR count). The lowest BCUT2D eigenvalue weighted by molar-refractivity contribution is 0.0607. The molecule has 110 valence electrons. The number of benzene rings is 1. The highest BCUT2D eigenvalue weighted by Crippen LogP contribution is 2.35. The summed E-state index contributed by atoms with van der Waals surface area (Å²) in [4.78, 5) is 15.8. The number of hydrogen-bond donors (Lipinski definition) is 1. The molecule has 0 saturated heterocycles. The van der Waals surface area contributed by atoms with Crippen LogP contribution in [0.25, 0.3) is 0 Å². The van der Waals surface area contributed by atoms with Gasteiger partial charge in [-0.25, -0.2) is 4.79 Å². The minimum Gasteiger partial charge on any atom is -0.465 e. The van der Waals surface area contributed by atoms with E-state index in [9.17, 15) is 4.79 Å². The Morgan fingerprint density at radius 1 is 1.38 bits per heavy atom. The molecule has 0 fully saturated rings. The van der Waals surface area contributed by atoms with Crippen molar-refractivity contribution in [3.05, 3.63) is 51.2 Å². The summed E-state index contributed by atoms with van der Waals surface area (Å²) >= 11 is 1.47. The average Bonchev–Trinajstić information content (AvgIpc) is 2.84. The summed E-state index contributed by atoms with van der Waals surface area (Å²) in [5.41, 5.74) is 9.14. The van der Waals surface area contributed by atoms with Gasteiger partial charge in [-0.2, -0.15) is 0 Å². The quantitative estimate of drug-likeness (QED) is 0.886. The lowest BCUT2D eigenvalue weighted by atomic mass is 10.1. The van der Waals surface area contributed by atoms with Gasteiger partial charge in [0.15, 0.2) is 0 Å². The number of carbonyl (C=O) groups is 1. The molecule has 0 spiro atoms. The Bertz CT molecular complexity index is 652. The molecule has 0 aliphatic carbocycles. The number of hydrogen-bond acceptors (Lipinski definition) is 5. The van der Waals surface area contributed by atoms with Gasteiger partial charge in [-0.1, -0.05) is 30.3 Å². The second kappa shape index (κ2) is 5.87. The van der Waals surface area contributed by atoms with E-state index in [2.05, 4.69) is 29.2 Å². The van der Waals surface area contributed by atoms with Crippen LogP contribution < -0.4 is 5.73 Å². The third kappa shape index (κ3) is 2.80. The molecule has 0 saturated carbocycles. The van der Waals surface area contributed by atoms with E-state index in [0.717, 1.165) is 31.6 Å². The first kappa shape index (κ1) is 14.1. The molecule has 1 aromatic heterocycles. The lowest BCUT2D eigenvalue weighted by Gasteiger charge is -2.26. The van der Waals surface area contributed by atoms with E-state index in [1.165, 1.54) is 28.9 Å². The molecule has 2 N–H and O–H groups in total. The first-order valence-corrected chi connectivity index (χ1v) is 7.75. The van der Waals surface area contributed by atoms with E-state index in [1.807, 2.05) is 6.07 Å². The molecule has 1 aromatic carbocycles. The SMILES string of the molecule is COC(=O)c1sc2c(c1N)CCN(Cc1ccccc1)C2. The third-order valence-corrected chi connectivity index (χ3v) is 5.01. The van der Waals surface area contributed by atoms with Crippen LogP contribution in [0.1, 0.15) is 25.7 Å². The zero-order chi connectivity index (χ0) is 14.8. The van der Waals surface area contributed by atoms with E-state index in [-0.39, 0.29) is 5.97 Å². The van der Waals surface area contributed by atoms with E-state index >= 15 is 0 Å². The molecule has 0 unspecified atom stereocenters. The molecular formula is C16H18N2O2S. The Hall–Kier alpha value is -1.85. The number of fused-ring (bicyclic) bond motifs is 1. The minimum atomic E-state index is -0.332. The molecule has 1 aliphatic heterocycles. The van der Waals surface area contributed by atoms with Crippen LogP contribution in [0.4, 0.5) is 5.69 Å². The van der Waals surface area contributed by atoms with Gasteiger partial charge < -0.3 is 10.5 Å². The second-order valence-corrected chi connectivity index (χ2v) is 6.29. The summed E-state index contributed by atoms with van der Waals surface area (Å²) in [6, 6.07) is 10.4. The lowest BCUT2D eigenvalue weighted by Crippen LogP contribution is -2.29. The van der Waals surface area contributed by atoms with E-state index in [4.69, 9.17) is 10.5 Å². The first-order valence-electron chi connectivity index (χ1n) is 6.93. The fraction of sp³-hybridized carbons (Fsp3) is 0.312. The molecule has 2 heterocycles. The first-order chi connectivity index (χ1) is 10.2. The molecule has 0 radical (unpaired) electrons. The van der Waals surface area contributed by atoms with Crippen molar-refractivity contribution < 1.29 is 9.53 Å². The number of nitrogen functional groups attached to an aromatic ring is 1. The van der Waals surface area contributed by atoms with Gasteiger partial charge in [0.25, 0.3) is 0 Å². The van der Waals surface area contributed by atoms with Gasteiger partial charge in [0, 0.05) is 24.5 Å². The predicted molar refractivity (Wildman–Crippen MR) is 84.3 cm³/mol. The number of anilines is 1. The zero-order valence-electron chi connectivity index (χ0n) is 12.0. The van der Waals surface area contributed by atoms with E-state index in [1.54, 1.807) is 0 Å². The van der Waals surface area contributed by atoms with Crippen molar-refractivity contribution in [1.82, 2.24) is 4.90 Å². The Kier molecular flexibility index (Phi) is 3.94. The Morgan fingerprint density at radius 2 is 2.14 bits per heavy atom. The maximum absolute atomic E-state index is 11.7. The summed E-state index contributed by atoms with van der Waals surface area (Å²) in [7, 11) is 1.39. The van der Waals surface area contributed by atoms with Gasteiger partial charge >= 0.3 is 5.97 Å². The Morgan fingerprint density at radius 3 is 2.86 bits per heavy atom. The molecule has 4 nitrogen and oxygen atoms in total. The topological polar surface area (TPSA) is 55.6 Å². The van der Waals surface area contributed by atoms with Crippen LogP contribution in [0.2, 0.25) is 0 Å². The van der Waals surface area contributed by atoms with Crippen LogP contribution in [0.3, 0.4) is 0 Å². The highest BCUT2D eigenvalue weighted by atomic mass is 32.1. The zero-order valence-corrected chi connectivity index (χ0v) is 12.8. The summed E-state index contributed by atoms with van der Waals surface area (Å²) in [6.45, 7) is 2.73. The number of nitrogens with two attached hydrogens (primary N) is 1. The minimum absolute atomic E-state index is 0.332. The summed E-state index contributed by atoms with van der Waals surface area (Å²) in [6.07, 6.45) is 0.890. The number of nitrogens with zero attached hydrogens (tertiary/aromatic N) is 1. The molecule has 21 heavy (non-hydrogen) atoms. The van der Waals surface area contributed by atoms with Crippen LogP contribution in [0.15, 0.2) is 30.3 Å². The largest absolute Gasteiger partial charge is 0.465 e. The van der Waals surface area contributed by atoms with Crippen molar-refractivity contribution in [2.24, 2.45) is 0 Å². The van der Waals surface area contributed by atoms with Crippen LogP contribution in [-0.4, -0.2) is 24.5 Å². The van der Waals surface area contributed by atoms with Gasteiger partial charge in [-0.05, 0) is 17.5 Å². The fourth-order valence-corrected chi connectivity index (χ4v) is 3.93. The third-order valence-electron chi connectivity index (χ3n) is 3.80.